The minimum atomic E-state index is -0.442. The highest BCUT2D eigenvalue weighted by atomic mass is 35.5. The van der Waals surface area contributed by atoms with E-state index in [-0.39, 0.29) is 0 Å². The van der Waals surface area contributed by atoms with Crippen LogP contribution in [0.5, 0.6) is 5.75 Å². The molecule has 0 radical (unpaired) electrons. The first kappa shape index (κ1) is 12.7. The van der Waals surface area contributed by atoms with E-state index in [1.807, 2.05) is 18.2 Å². The average Bonchev–Trinajstić information content (AvgIpc) is 2.41. The zero-order valence-corrected chi connectivity index (χ0v) is 10.7. The van der Waals surface area contributed by atoms with Gasteiger partial charge in [-0.25, -0.2) is 0 Å². The highest BCUT2D eigenvalue weighted by molar-refractivity contribution is 6.30. The largest absolute Gasteiger partial charge is 0.495 e. The van der Waals surface area contributed by atoms with Gasteiger partial charge in [-0.1, -0.05) is 11.6 Å². The van der Waals surface area contributed by atoms with Crippen molar-refractivity contribution in [1.29, 1.82) is 0 Å². The molecule has 0 aliphatic heterocycles. The fraction of sp³-hybridized carbons (Fsp3) is 0.154. The van der Waals surface area contributed by atoms with Crippen molar-refractivity contribution in [3.05, 3.63) is 53.3 Å². The maximum atomic E-state index is 6.05. The van der Waals surface area contributed by atoms with Gasteiger partial charge in [-0.3, -0.25) is 4.98 Å². The van der Waals surface area contributed by atoms with E-state index in [1.54, 1.807) is 31.5 Å². The lowest BCUT2D eigenvalue weighted by Gasteiger charge is -2.17. The zero-order chi connectivity index (χ0) is 13.0. The fourth-order valence-electron chi connectivity index (χ4n) is 1.60. The minimum Gasteiger partial charge on any atom is -0.495 e. The molecule has 1 heterocycles. The van der Waals surface area contributed by atoms with E-state index in [1.165, 1.54) is 0 Å². The normalized spacial score (nSPS) is 11.9. The molecule has 1 aromatic carbocycles. The summed E-state index contributed by atoms with van der Waals surface area (Å²) in [6.07, 6.45) is 1.24. The van der Waals surface area contributed by atoms with Crippen molar-refractivity contribution in [1.82, 2.24) is 4.98 Å². The van der Waals surface area contributed by atoms with Gasteiger partial charge in [0.05, 0.1) is 7.11 Å². The van der Waals surface area contributed by atoms with Crippen LogP contribution in [0.1, 0.15) is 11.9 Å². The van der Waals surface area contributed by atoms with Gasteiger partial charge in [-0.2, -0.15) is 0 Å². The summed E-state index contributed by atoms with van der Waals surface area (Å²) in [5, 5.41) is 3.82. The summed E-state index contributed by atoms with van der Waals surface area (Å²) in [4.78, 5) is 4.22. The zero-order valence-electron chi connectivity index (χ0n) is 9.93. The topological polar surface area (TPSA) is 60.2 Å². The molecule has 0 spiro atoms. The predicted octanol–water partition coefficient (Wildman–Crippen LogP) is 2.81. The number of anilines is 1. The first-order valence-corrected chi connectivity index (χ1v) is 5.85. The van der Waals surface area contributed by atoms with Gasteiger partial charge in [-0.05, 0) is 36.4 Å². The SMILES string of the molecule is COc1cccnc1C(N)Nc1ccc(Cl)cc1. The predicted molar refractivity (Wildman–Crippen MR) is 72.8 cm³/mol. The van der Waals surface area contributed by atoms with E-state index in [9.17, 15) is 0 Å². The van der Waals surface area contributed by atoms with E-state index in [4.69, 9.17) is 22.1 Å². The molecular weight excluding hydrogens is 250 g/mol. The Morgan fingerprint density at radius 1 is 1.28 bits per heavy atom. The lowest BCUT2D eigenvalue weighted by Crippen LogP contribution is -2.21. The van der Waals surface area contributed by atoms with Crippen molar-refractivity contribution in [2.45, 2.75) is 6.17 Å². The fourth-order valence-corrected chi connectivity index (χ4v) is 1.73. The van der Waals surface area contributed by atoms with Crippen molar-refractivity contribution in [2.24, 2.45) is 5.73 Å². The molecule has 94 valence electrons. The number of halogens is 1. The van der Waals surface area contributed by atoms with Gasteiger partial charge in [0.15, 0.2) is 0 Å². The maximum absolute atomic E-state index is 6.05. The van der Waals surface area contributed by atoms with Crippen LogP contribution >= 0.6 is 11.6 Å². The number of benzene rings is 1. The summed E-state index contributed by atoms with van der Waals surface area (Å²) in [6.45, 7) is 0. The van der Waals surface area contributed by atoms with Crippen LogP contribution in [0, 0.1) is 0 Å². The van der Waals surface area contributed by atoms with Crippen molar-refractivity contribution < 1.29 is 4.74 Å². The van der Waals surface area contributed by atoms with Gasteiger partial charge >= 0.3 is 0 Å². The smallest absolute Gasteiger partial charge is 0.143 e. The molecule has 1 unspecified atom stereocenters. The average molecular weight is 264 g/mol. The third-order valence-electron chi connectivity index (χ3n) is 2.48. The van der Waals surface area contributed by atoms with E-state index >= 15 is 0 Å². The van der Waals surface area contributed by atoms with Crippen molar-refractivity contribution in [3.63, 3.8) is 0 Å². The van der Waals surface area contributed by atoms with Crippen LogP contribution in [-0.2, 0) is 0 Å². The second-order valence-electron chi connectivity index (χ2n) is 3.72. The number of nitrogens with two attached hydrogens (primary N) is 1. The lowest BCUT2D eigenvalue weighted by atomic mass is 10.2. The number of methoxy groups -OCH3 is 1. The Hall–Kier alpha value is -1.78. The minimum absolute atomic E-state index is 0.442. The van der Waals surface area contributed by atoms with Crippen molar-refractivity contribution in [3.8, 4) is 5.75 Å². The first-order valence-electron chi connectivity index (χ1n) is 5.47. The van der Waals surface area contributed by atoms with Gasteiger partial charge < -0.3 is 15.8 Å². The van der Waals surface area contributed by atoms with Gasteiger partial charge in [0, 0.05) is 16.9 Å². The summed E-state index contributed by atoms with van der Waals surface area (Å²) in [5.41, 5.74) is 7.59. The molecule has 1 atom stereocenters. The van der Waals surface area contributed by atoms with E-state index in [2.05, 4.69) is 10.3 Å². The summed E-state index contributed by atoms with van der Waals surface area (Å²) in [7, 11) is 1.59. The molecule has 0 amide bonds. The van der Waals surface area contributed by atoms with E-state index < -0.39 is 6.17 Å². The number of hydrogen-bond acceptors (Lipinski definition) is 4. The quantitative estimate of drug-likeness (QED) is 0.833. The van der Waals surface area contributed by atoms with Gasteiger partial charge in [-0.15, -0.1) is 0 Å². The van der Waals surface area contributed by atoms with E-state index in [0.717, 1.165) is 5.69 Å². The summed E-state index contributed by atoms with van der Waals surface area (Å²) < 4.78 is 5.22. The molecule has 0 bridgehead atoms. The molecule has 0 saturated carbocycles. The summed E-state index contributed by atoms with van der Waals surface area (Å²) in [6, 6.07) is 10.9. The van der Waals surface area contributed by atoms with Crippen molar-refractivity contribution in [2.75, 3.05) is 12.4 Å². The van der Waals surface area contributed by atoms with Crippen molar-refractivity contribution >= 4 is 17.3 Å². The second kappa shape index (κ2) is 5.71. The van der Waals surface area contributed by atoms with Crippen LogP contribution < -0.4 is 15.8 Å². The number of ether oxygens (including phenoxy) is 1. The van der Waals surface area contributed by atoms with Crippen LogP contribution in [0.2, 0.25) is 5.02 Å². The molecule has 3 N–H and O–H groups in total. The molecule has 2 rings (SSSR count). The second-order valence-corrected chi connectivity index (χ2v) is 4.16. The molecule has 0 aliphatic carbocycles. The Labute approximate surface area is 111 Å². The number of rotatable bonds is 4. The lowest BCUT2D eigenvalue weighted by molar-refractivity contribution is 0.404. The monoisotopic (exact) mass is 263 g/mol. The number of hydrogen-bond donors (Lipinski definition) is 2. The maximum Gasteiger partial charge on any atom is 0.143 e. The third kappa shape index (κ3) is 2.91. The Morgan fingerprint density at radius 3 is 2.67 bits per heavy atom. The summed E-state index contributed by atoms with van der Waals surface area (Å²) >= 11 is 5.82. The summed E-state index contributed by atoms with van der Waals surface area (Å²) in [5.74, 6) is 0.659. The highest BCUT2D eigenvalue weighted by Gasteiger charge is 2.12. The molecule has 0 aliphatic rings. The molecule has 1 aromatic heterocycles. The Kier molecular flexibility index (Phi) is 4.02. The Bertz CT molecular complexity index is 516. The molecule has 18 heavy (non-hydrogen) atoms. The van der Waals surface area contributed by atoms with Crippen LogP contribution in [0.15, 0.2) is 42.6 Å². The van der Waals surface area contributed by atoms with Gasteiger partial charge in [0.25, 0.3) is 0 Å². The molecule has 0 saturated heterocycles. The molecule has 0 fully saturated rings. The number of nitrogens with one attached hydrogen (secondary N) is 1. The number of pyridine rings is 1. The van der Waals surface area contributed by atoms with Crippen LogP contribution in [-0.4, -0.2) is 12.1 Å². The Balaban J connectivity index is 2.16. The first-order chi connectivity index (χ1) is 8.70. The number of aromatic nitrogens is 1. The standard InChI is InChI=1S/C13H14ClN3O/c1-18-11-3-2-8-16-12(11)13(15)17-10-6-4-9(14)5-7-10/h2-8,13,17H,15H2,1H3. The molecule has 2 aromatic rings. The molecular formula is C13H14ClN3O. The van der Waals surface area contributed by atoms with Gasteiger partial charge in [0.1, 0.15) is 17.6 Å². The van der Waals surface area contributed by atoms with Crippen LogP contribution in [0.25, 0.3) is 0 Å². The molecule has 4 nitrogen and oxygen atoms in total. The number of nitrogens with zero attached hydrogens (tertiary/aromatic N) is 1. The van der Waals surface area contributed by atoms with Gasteiger partial charge in [0.2, 0.25) is 0 Å². The van der Waals surface area contributed by atoms with Crippen LogP contribution in [0.3, 0.4) is 0 Å². The van der Waals surface area contributed by atoms with E-state index in [0.29, 0.717) is 16.5 Å². The third-order valence-corrected chi connectivity index (χ3v) is 2.73. The van der Waals surface area contributed by atoms with Crippen LogP contribution in [0.4, 0.5) is 5.69 Å². The highest BCUT2D eigenvalue weighted by Crippen LogP contribution is 2.23. The Morgan fingerprint density at radius 2 is 2.00 bits per heavy atom. The molecule has 5 heteroatoms.